The number of nitrogens with zero attached hydrogens (tertiary/aromatic N) is 3. The number of aliphatic hydroxyl groups excluding tert-OH is 1. The first-order chi connectivity index (χ1) is 9.53. The molecule has 1 heterocycles. The van der Waals surface area contributed by atoms with Crippen molar-refractivity contribution in [2.24, 2.45) is 0 Å². The highest BCUT2D eigenvalue weighted by atomic mass is 79.9. The van der Waals surface area contributed by atoms with Crippen molar-refractivity contribution in [3.05, 3.63) is 40.6 Å². The largest absolute Gasteiger partial charge is 0.392 e. The van der Waals surface area contributed by atoms with Crippen LogP contribution in [0.2, 0.25) is 0 Å². The number of aliphatic hydroxyl groups is 1. The molecule has 1 aromatic carbocycles. The molecule has 20 heavy (non-hydrogen) atoms. The topological polar surface area (TPSA) is 97.1 Å². The Morgan fingerprint density at radius 1 is 1.40 bits per heavy atom. The summed E-state index contributed by atoms with van der Waals surface area (Å²) in [6.45, 7) is 0.462. The standard InChI is InChI=1S/C11H13BrN4O3S/c12-10-7-9(8-17)1-2-11(10)20(18,19)14-4-6-16-5-3-13-15-16/h1-3,5,7,14,17H,4,6,8H2. The molecule has 108 valence electrons. The number of hydrogen-bond donors (Lipinski definition) is 2. The van der Waals surface area contributed by atoms with Crippen molar-refractivity contribution >= 4 is 26.0 Å². The second kappa shape index (κ2) is 6.44. The fraction of sp³-hybridized carbons (Fsp3) is 0.273. The summed E-state index contributed by atoms with van der Waals surface area (Å²) in [6, 6.07) is 4.59. The van der Waals surface area contributed by atoms with Gasteiger partial charge in [-0.2, -0.15) is 0 Å². The van der Waals surface area contributed by atoms with E-state index >= 15 is 0 Å². The molecule has 0 saturated heterocycles. The fourth-order valence-electron chi connectivity index (χ4n) is 1.58. The zero-order chi connectivity index (χ0) is 14.6. The quantitative estimate of drug-likeness (QED) is 0.782. The second-order valence-electron chi connectivity index (χ2n) is 3.99. The van der Waals surface area contributed by atoms with E-state index in [1.807, 2.05) is 0 Å². The van der Waals surface area contributed by atoms with Gasteiger partial charge in [-0.3, -0.25) is 4.68 Å². The minimum atomic E-state index is -3.61. The second-order valence-corrected chi connectivity index (χ2v) is 6.58. The molecule has 0 saturated carbocycles. The SMILES string of the molecule is O=S(=O)(NCCn1ccnn1)c1ccc(CO)cc1Br. The van der Waals surface area contributed by atoms with Crippen LogP contribution in [0.5, 0.6) is 0 Å². The molecule has 1 aromatic heterocycles. The Bertz CT molecular complexity index is 673. The molecule has 0 spiro atoms. The molecule has 0 radical (unpaired) electrons. The molecule has 0 amide bonds. The van der Waals surface area contributed by atoms with Crippen molar-refractivity contribution in [1.82, 2.24) is 19.7 Å². The third-order valence-corrected chi connectivity index (χ3v) is 5.01. The van der Waals surface area contributed by atoms with Gasteiger partial charge in [0.2, 0.25) is 10.0 Å². The van der Waals surface area contributed by atoms with Gasteiger partial charge in [0, 0.05) is 17.2 Å². The molecular formula is C11H13BrN4O3S. The molecule has 2 rings (SSSR count). The first-order valence-electron chi connectivity index (χ1n) is 5.76. The summed E-state index contributed by atoms with van der Waals surface area (Å²) in [5.74, 6) is 0. The summed E-state index contributed by atoms with van der Waals surface area (Å²) >= 11 is 3.20. The van der Waals surface area contributed by atoms with Gasteiger partial charge in [0.25, 0.3) is 0 Å². The van der Waals surface area contributed by atoms with Gasteiger partial charge in [0.05, 0.1) is 24.2 Å². The molecule has 0 aliphatic rings. The molecular weight excluding hydrogens is 348 g/mol. The highest BCUT2D eigenvalue weighted by molar-refractivity contribution is 9.10. The molecule has 0 aliphatic carbocycles. The predicted octanol–water partition coefficient (Wildman–Crippen LogP) is 0.511. The molecule has 0 unspecified atom stereocenters. The lowest BCUT2D eigenvalue weighted by molar-refractivity contribution is 0.281. The zero-order valence-corrected chi connectivity index (χ0v) is 12.8. The molecule has 2 aromatic rings. The predicted molar refractivity (Wildman–Crippen MR) is 75.3 cm³/mol. The van der Waals surface area contributed by atoms with Gasteiger partial charge >= 0.3 is 0 Å². The number of rotatable bonds is 6. The van der Waals surface area contributed by atoms with Crippen LogP contribution in [-0.4, -0.2) is 35.1 Å². The number of sulfonamides is 1. The Balaban J connectivity index is 2.06. The zero-order valence-electron chi connectivity index (χ0n) is 10.4. The number of benzene rings is 1. The van der Waals surface area contributed by atoms with Gasteiger partial charge in [-0.05, 0) is 33.6 Å². The minimum absolute atomic E-state index is 0.133. The molecule has 7 nitrogen and oxygen atoms in total. The van der Waals surface area contributed by atoms with Crippen molar-refractivity contribution in [2.45, 2.75) is 18.0 Å². The molecule has 0 atom stereocenters. The number of hydrogen-bond acceptors (Lipinski definition) is 5. The third kappa shape index (κ3) is 3.63. The van der Waals surface area contributed by atoms with Gasteiger partial charge in [0.1, 0.15) is 0 Å². The average molecular weight is 361 g/mol. The molecule has 0 bridgehead atoms. The van der Waals surface area contributed by atoms with Gasteiger partial charge in [-0.25, -0.2) is 13.1 Å². The van der Waals surface area contributed by atoms with E-state index in [9.17, 15) is 8.42 Å². The highest BCUT2D eigenvalue weighted by Gasteiger charge is 2.17. The Morgan fingerprint density at radius 2 is 2.20 bits per heavy atom. The first kappa shape index (κ1) is 15.1. The Kier molecular flexibility index (Phi) is 4.86. The van der Waals surface area contributed by atoms with Crippen LogP contribution in [-0.2, 0) is 23.2 Å². The molecule has 2 N–H and O–H groups in total. The van der Waals surface area contributed by atoms with E-state index in [-0.39, 0.29) is 18.0 Å². The van der Waals surface area contributed by atoms with Crippen LogP contribution >= 0.6 is 15.9 Å². The van der Waals surface area contributed by atoms with Crippen LogP contribution in [0.4, 0.5) is 0 Å². The Labute approximate surface area is 124 Å². The number of nitrogens with one attached hydrogen (secondary N) is 1. The van der Waals surface area contributed by atoms with Gasteiger partial charge in [-0.15, -0.1) is 5.10 Å². The van der Waals surface area contributed by atoms with Crippen LogP contribution in [0.3, 0.4) is 0 Å². The first-order valence-corrected chi connectivity index (χ1v) is 8.03. The maximum absolute atomic E-state index is 12.1. The van der Waals surface area contributed by atoms with Gasteiger partial charge in [0.15, 0.2) is 0 Å². The molecule has 9 heteroatoms. The van der Waals surface area contributed by atoms with Gasteiger partial charge < -0.3 is 5.11 Å². The monoisotopic (exact) mass is 360 g/mol. The van der Waals surface area contributed by atoms with Crippen molar-refractivity contribution in [3.8, 4) is 0 Å². The summed E-state index contributed by atoms with van der Waals surface area (Å²) in [7, 11) is -3.61. The third-order valence-electron chi connectivity index (χ3n) is 2.57. The molecule has 0 fully saturated rings. The van der Waals surface area contributed by atoms with Crippen LogP contribution < -0.4 is 4.72 Å². The van der Waals surface area contributed by atoms with Crippen LogP contribution in [0.25, 0.3) is 0 Å². The van der Waals surface area contributed by atoms with Crippen molar-refractivity contribution in [2.75, 3.05) is 6.54 Å². The van der Waals surface area contributed by atoms with E-state index in [2.05, 4.69) is 31.0 Å². The smallest absolute Gasteiger partial charge is 0.241 e. The summed E-state index contributed by atoms with van der Waals surface area (Å²) < 4.78 is 28.7. The van der Waals surface area contributed by atoms with Crippen LogP contribution in [0.15, 0.2) is 40.0 Å². The Morgan fingerprint density at radius 3 is 2.80 bits per heavy atom. The van der Waals surface area contributed by atoms with Crippen molar-refractivity contribution in [3.63, 3.8) is 0 Å². The number of aromatic nitrogens is 3. The Hall–Kier alpha value is -1.29. The summed E-state index contributed by atoms with van der Waals surface area (Å²) in [4.78, 5) is 0.133. The van der Waals surface area contributed by atoms with E-state index in [4.69, 9.17) is 5.11 Å². The van der Waals surface area contributed by atoms with Crippen LogP contribution in [0, 0.1) is 0 Å². The summed E-state index contributed by atoms with van der Waals surface area (Å²) in [5, 5.41) is 16.4. The molecule has 0 aliphatic heterocycles. The lowest BCUT2D eigenvalue weighted by Gasteiger charge is -2.09. The van der Waals surface area contributed by atoms with E-state index in [1.54, 1.807) is 18.3 Å². The van der Waals surface area contributed by atoms with Crippen molar-refractivity contribution in [1.29, 1.82) is 0 Å². The fourth-order valence-corrected chi connectivity index (χ4v) is 3.73. The van der Waals surface area contributed by atoms with E-state index in [1.165, 1.54) is 16.9 Å². The van der Waals surface area contributed by atoms with Crippen molar-refractivity contribution < 1.29 is 13.5 Å². The normalized spacial score (nSPS) is 11.7. The van der Waals surface area contributed by atoms with E-state index < -0.39 is 10.0 Å². The number of halogens is 1. The van der Waals surface area contributed by atoms with Crippen LogP contribution in [0.1, 0.15) is 5.56 Å². The van der Waals surface area contributed by atoms with E-state index in [0.717, 1.165) is 0 Å². The van der Waals surface area contributed by atoms with Gasteiger partial charge in [-0.1, -0.05) is 11.3 Å². The minimum Gasteiger partial charge on any atom is -0.392 e. The average Bonchev–Trinajstić information content (AvgIpc) is 2.91. The lowest BCUT2D eigenvalue weighted by atomic mass is 10.2. The lowest BCUT2D eigenvalue weighted by Crippen LogP contribution is -2.28. The summed E-state index contributed by atoms with van der Waals surface area (Å²) in [5.41, 5.74) is 0.637. The maximum Gasteiger partial charge on any atom is 0.241 e. The van der Waals surface area contributed by atoms with E-state index in [0.29, 0.717) is 16.6 Å². The maximum atomic E-state index is 12.1. The highest BCUT2D eigenvalue weighted by Crippen LogP contribution is 2.23. The summed E-state index contributed by atoms with van der Waals surface area (Å²) in [6.07, 6.45) is 3.18.